The van der Waals surface area contributed by atoms with E-state index in [2.05, 4.69) is 5.16 Å². The SMILES string of the molecule is COCc1cc(COc2c(F)cccc2C=O)no1. The summed E-state index contributed by atoms with van der Waals surface area (Å²) in [6.45, 7) is 0.307. The van der Waals surface area contributed by atoms with E-state index in [1.807, 2.05) is 0 Å². The van der Waals surface area contributed by atoms with E-state index in [9.17, 15) is 9.18 Å². The second-order valence-corrected chi connectivity index (χ2v) is 3.78. The van der Waals surface area contributed by atoms with Crippen molar-refractivity contribution < 1.29 is 23.2 Å². The molecule has 2 aromatic rings. The molecule has 2 rings (SSSR count). The molecule has 0 aliphatic heterocycles. The van der Waals surface area contributed by atoms with Crippen molar-refractivity contribution in [2.75, 3.05) is 7.11 Å². The van der Waals surface area contributed by atoms with E-state index in [-0.39, 0.29) is 17.9 Å². The Morgan fingerprint density at radius 2 is 2.26 bits per heavy atom. The lowest BCUT2D eigenvalue weighted by molar-refractivity contribution is 0.111. The summed E-state index contributed by atoms with van der Waals surface area (Å²) in [5, 5.41) is 3.74. The molecule has 0 spiro atoms. The van der Waals surface area contributed by atoms with Gasteiger partial charge >= 0.3 is 0 Å². The summed E-state index contributed by atoms with van der Waals surface area (Å²) in [4.78, 5) is 10.8. The number of ether oxygens (including phenoxy) is 2. The monoisotopic (exact) mass is 265 g/mol. The quantitative estimate of drug-likeness (QED) is 0.750. The van der Waals surface area contributed by atoms with Crippen molar-refractivity contribution in [1.29, 1.82) is 0 Å². The van der Waals surface area contributed by atoms with Gasteiger partial charge in [0.2, 0.25) is 0 Å². The van der Waals surface area contributed by atoms with E-state index in [0.29, 0.717) is 24.3 Å². The Labute approximate surface area is 108 Å². The molecule has 19 heavy (non-hydrogen) atoms. The second kappa shape index (κ2) is 6.10. The lowest BCUT2D eigenvalue weighted by Crippen LogP contribution is -2.00. The van der Waals surface area contributed by atoms with Gasteiger partial charge in [-0.05, 0) is 12.1 Å². The van der Waals surface area contributed by atoms with Gasteiger partial charge in [0.05, 0.1) is 5.56 Å². The van der Waals surface area contributed by atoms with Crippen molar-refractivity contribution in [1.82, 2.24) is 5.16 Å². The van der Waals surface area contributed by atoms with Crippen LogP contribution < -0.4 is 4.74 Å². The van der Waals surface area contributed by atoms with E-state index in [1.54, 1.807) is 6.07 Å². The van der Waals surface area contributed by atoms with Gasteiger partial charge < -0.3 is 14.0 Å². The van der Waals surface area contributed by atoms with Crippen LogP contribution in [0.1, 0.15) is 21.8 Å². The van der Waals surface area contributed by atoms with Crippen LogP contribution in [0.2, 0.25) is 0 Å². The molecule has 0 saturated carbocycles. The normalized spacial score (nSPS) is 10.4. The minimum absolute atomic E-state index is 0.00892. The molecule has 0 bridgehead atoms. The molecule has 0 saturated heterocycles. The van der Waals surface area contributed by atoms with E-state index in [4.69, 9.17) is 14.0 Å². The minimum atomic E-state index is -0.592. The number of carbonyl (C=O) groups excluding carboxylic acids is 1. The number of methoxy groups -OCH3 is 1. The van der Waals surface area contributed by atoms with E-state index >= 15 is 0 Å². The second-order valence-electron chi connectivity index (χ2n) is 3.78. The number of benzene rings is 1. The molecule has 0 amide bonds. The van der Waals surface area contributed by atoms with Crippen molar-refractivity contribution >= 4 is 6.29 Å². The first-order valence-corrected chi connectivity index (χ1v) is 5.54. The van der Waals surface area contributed by atoms with Crippen LogP contribution >= 0.6 is 0 Å². The van der Waals surface area contributed by atoms with Crippen LogP contribution in [0.5, 0.6) is 5.75 Å². The minimum Gasteiger partial charge on any atom is -0.483 e. The summed E-state index contributed by atoms with van der Waals surface area (Å²) < 4.78 is 28.6. The van der Waals surface area contributed by atoms with Gasteiger partial charge in [-0.2, -0.15) is 0 Å². The summed E-state index contributed by atoms with van der Waals surface area (Å²) in [7, 11) is 1.54. The number of hydrogen-bond donors (Lipinski definition) is 0. The molecule has 0 radical (unpaired) electrons. The molecule has 5 nitrogen and oxygen atoms in total. The molecule has 100 valence electrons. The maximum absolute atomic E-state index is 13.5. The van der Waals surface area contributed by atoms with Crippen LogP contribution in [0, 0.1) is 5.82 Å². The third kappa shape index (κ3) is 3.17. The highest BCUT2D eigenvalue weighted by Crippen LogP contribution is 2.22. The maximum Gasteiger partial charge on any atom is 0.166 e. The number of aromatic nitrogens is 1. The molecule has 6 heteroatoms. The molecular weight excluding hydrogens is 253 g/mol. The standard InChI is InChI=1S/C13H12FNO4/c1-17-8-11-5-10(15-19-11)7-18-13-9(6-16)3-2-4-12(13)14/h2-6H,7-8H2,1H3. The number of aldehydes is 1. The molecule has 0 aliphatic carbocycles. The summed E-state index contributed by atoms with van der Waals surface area (Å²) in [6, 6.07) is 5.79. The Balaban J connectivity index is 2.07. The molecule has 0 N–H and O–H groups in total. The van der Waals surface area contributed by atoms with E-state index in [0.717, 1.165) is 0 Å². The third-order valence-corrected chi connectivity index (χ3v) is 2.38. The Morgan fingerprint density at radius 3 is 3.00 bits per heavy atom. The van der Waals surface area contributed by atoms with Gasteiger partial charge in [0.25, 0.3) is 0 Å². The third-order valence-electron chi connectivity index (χ3n) is 2.38. The van der Waals surface area contributed by atoms with Crippen molar-refractivity contribution in [2.45, 2.75) is 13.2 Å². The van der Waals surface area contributed by atoms with Gasteiger partial charge in [-0.3, -0.25) is 4.79 Å². The van der Waals surface area contributed by atoms with Crippen LogP contribution in [-0.4, -0.2) is 18.6 Å². The van der Waals surface area contributed by atoms with Crippen LogP contribution in [-0.2, 0) is 18.0 Å². The zero-order valence-electron chi connectivity index (χ0n) is 10.3. The Morgan fingerprint density at radius 1 is 1.42 bits per heavy atom. The zero-order valence-corrected chi connectivity index (χ0v) is 10.3. The number of hydrogen-bond acceptors (Lipinski definition) is 5. The molecule has 0 fully saturated rings. The highest BCUT2D eigenvalue weighted by molar-refractivity contribution is 5.79. The Hall–Kier alpha value is -2.21. The highest BCUT2D eigenvalue weighted by atomic mass is 19.1. The first-order chi connectivity index (χ1) is 9.24. The summed E-state index contributed by atoms with van der Waals surface area (Å²) in [5.41, 5.74) is 0.646. The van der Waals surface area contributed by atoms with Gasteiger partial charge in [0.1, 0.15) is 18.9 Å². The van der Waals surface area contributed by atoms with Crippen molar-refractivity contribution in [3.8, 4) is 5.75 Å². The van der Waals surface area contributed by atoms with Gasteiger partial charge in [0.15, 0.2) is 23.6 Å². The first kappa shape index (κ1) is 13.2. The van der Waals surface area contributed by atoms with Crippen LogP contribution in [0.25, 0.3) is 0 Å². The summed E-state index contributed by atoms with van der Waals surface area (Å²) >= 11 is 0. The van der Waals surface area contributed by atoms with Gasteiger partial charge in [-0.15, -0.1) is 0 Å². The molecule has 0 atom stereocenters. The van der Waals surface area contributed by atoms with Crippen LogP contribution in [0.15, 0.2) is 28.8 Å². The lowest BCUT2D eigenvalue weighted by Gasteiger charge is -2.07. The highest BCUT2D eigenvalue weighted by Gasteiger charge is 2.11. The number of rotatable bonds is 6. The first-order valence-electron chi connectivity index (χ1n) is 5.54. The average molecular weight is 265 g/mol. The topological polar surface area (TPSA) is 61.6 Å². The van der Waals surface area contributed by atoms with Crippen LogP contribution in [0.4, 0.5) is 4.39 Å². The molecule has 1 aromatic carbocycles. The van der Waals surface area contributed by atoms with Crippen molar-refractivity contribution in [3.63, 3.8) is 0 Å². The fourth-order valence-electron chi connectivity index (χ4n) is 1.55. The fraction of sp³-hybridized carbons (Fsp3) is 0.231. The van der Waals surface area contributed by atoms with E-state index in [1.165, 1.54) is 25.3 Å². The average Bonchev–Trinajstić information content (AvgIpc) is 2.85. The van der Waals surface area contributed by atoms with Crippen LogP contribution in [0.3, 0.4) is 0 Å². The number of nitrogens with zero attached hydrogens (tertiary/aromatic N) is 1. The van der Waals surface area contributed by atoms with Gasteiger partial charge in [-0.1, -0.05) is 11.2 Å². The van der Waals surface area contributed by atoms with Crippen molar-refractivity contribution in [2.24, 2.45) is 0 Å². The van der Waals surface area contributed by atoms with Crippen molar-refractivity contribution in [3.05, 3.63) is 47.1 Å². The van der Waals surface area contributed by atoms with E-state index < -0.39 is 5.82 Å². The molecule has 1 heterocycles. The Bertz CT molecular complexity index is 568. The summed E-state index contributed by atoms with van der Waals surface area (Å²) in [5.74, 6) is -0.135. The largest absolute Gasteiger partial charge is 0.483 e. The fourth-order valence-corrected chi connectivity index (χ4v) is 1.55. The Kier molecular flexibility index (Phi) is 4.25. The lowest BCUT2D eigenvalue weighted by atomic mass is 10.2. The van der Waals surface area contributed by atoms with Gasteiger partial charge in [-0.25, -0.2) is 4.39 Å². The predicted molar refractivity (Wildman–Crippen MR) is 63.3 cm³/mol. The molecular formula is C13H12FNO4. The smallest absolute Gasteiger partial charge is 0.166 e. The maximum atomic E-state index is 13.5. The zero-order chi connectivity index (χ0) is 13.7. The molecule has 0 aliphatic rings. The number of para-hydroxylation sites is 1. The number of carbonyl (C=O) groups is 1. The molecule has 1 aromatic heterocycles. The predicted octanol–water partition coefficient (Wildman–Crippen LogP) is 2.35. The van der Waals surface area contributed by atoms with Gasteiger partial charge in [0, 0.05) is 13.2 Å². The molecule has 0 unspecified atom stereocenters. The summed E-state index contributed by atoms with van der Waals surface area (Å²) in [6.07, 6.45) is 0.539. The number of halogens is 1.